The molecule has 0 aliphatic rings. The Kier molecular flexibility index (Phi) is 5.57. The van der Waals surface area contributed by atoms with Crippen molar-refractivity contribution in [1.82, 2.24) is 4.98 Å². The molecule has 0 aliphatic carbocycles. The van der Waals surface area contributed by atoms with E-state index in [1.54, 1.807) is 18.4 Å². The molecule has 0 amide bonds. The van der Waals surface area contributed by atoms with Gasteiger partial charge in [0.15, 0.2) is 5.96 Å². The Labute approximate surface area is 128 Å². The Bertz CT molecular complexity index is 609. The number of thiazole rings is 1. The average molecular weight is 304 g/mol. The highest BCUT2D eigenvalue weighted by molar-refractivity contribution is 7.09. The van der Waals surface area contributed by atoms with E-state index < -0.39 is 0 Å². The first kappa shape index (κ1) is 15.3. The monoisotopic (exact) mass is 304 g/mol. The minimum Gasteiger partial charge on any atom is -0.497 e. The van der Waals surface area contributed by atoms with Crippen LogP contribution in [0.15, 0.2) is 34.6 Å². The zero-order valence-electron chi connectivity index (χ0n) is 12.3. The van der Waals surface area contributed by atoms with Crippen molar-refractivity contribution >= 4 is 23.0 Å². The van der Waals surface area contributed by atoms with Crippen molar-refractivity contribution in [2.24, 2.45) is 10.7 Å². The summed E-state index contributed by atoms with van der Waals surface area (Å²) in [4.78, 5) is 8.82. The highest BCUT2D eigenvalue weighted by atomic mass is 32.1. The van der Waals surface area contributed by atoms with Gasteiger partial charge in [-0.15, -0.1) is 11.3 Å². The number of nitrogens with two attached hydrogens (primary N) is 1. The van der Waals surface area contributed by atoms with E-state index in [9.17, 15) is 0 Å². The fraction of sp³-hybridized carbons (Fsp3) is 0.333. The van der Waals surface area contributed by atoms with Crippen LogP contribution in [0.2, 0.25) is 0 Å². The topological polar surface area (TPSA) is 72.5 Å². The van der Waals surface area contributed by atoms with Crippen molar-refractivity contribution in [2.45, 2.75) is 19.8 Å². The average Bonchev–Trinajstić information content (AvgIpc) is 2.95. The van der Waals surface area contributed by atoms with Gasteiger partial charge < -0.3 is 15.8 Å². The van der Waals surface area contributed by atoms with E-state index in [2.05, 4.69) is 27.6 Å². The molecule has 0 radical (unpaired) electrons. The summed E-state index contributed by atoms with van der Waals surface area (Å²) in [6, 6.07) is 7.57. The Balaban J connectivity index is 1.85. The number of aromatic nitrogens is 1. The van der Waals surface area contributed by atoms with Crippen LogP contribution in [-0.4, -0.2) is 24.6 Å². The first-order valence-electron chi connectivity index (χ1n) is 6.85. The Morgan fingerprint density at radius 3 is 3.05 bits per heavy atom. The molecule has 0 atom stereocenters. The quantitative estimate of drug-likeness (QED) is 0.636. The van der Waals surface area contributed by atoms with Crippen LogP contribution in [0.1, 0.15) is 17.6 Å². The maximum atomic E-state index is 5.87. The lowest BCUT2D eigenvalue weighted by atomic mass is 10.3. The van der Waals surface area contributed by atoms with Gasteiger partial charge in [-0.05, 0) is 18.6 Å². The lowest BCUT2D eigenvalue weighted by Crippen LogP contribution is -2.23. The van der Waals surface area contributed by atoms with Gasteiger partial charge in [0.2, 0.25) is 0 Å². The fourth-order valence-electron chi connectivity index (χ4n) is 1.81. The minimum absolute atomic E-state index is 0.397. The number of nitrogens with zero attached hydrogens (tertiary/aromatic N) is 2. The van der Waals surface area contributed by atoms with E-state index in [1.807, 2.05) is 24.3 Å². The molecule has 6 heteroatoms. The third-order valence-electron chi connectivity index (χ3n) is 2.89. The Hall–Kier alpha value is -2.08. The number of methoxy groups -OCH3 is 1. The van der Waals surface area contributed by atoms with Crippen LogP contribution in [0, 0.1) is 0 Å². The van der Waals surface area contributed by atoms with Crippen molar-refractivity contribution in [2.75, 3.05) is 19.0 Å². The summed E-state index contributed by atoms with van der Waals surface area (Å²) in [6.07, 6.45) is 1.78. The number of benzene rings is 1. The molecule has 2 rings (SSSR count). The second-order valence-electron chi connectivity index (χ2n) is 4.46. The van der Waals surface area contributed by atoms with Crippen molar-refractivity contribution in [3.63, 3.8) is 0 Å². The molecule has 1 aromatic carbocycles. The molecule has 0 spiro atoms. The van der Waals surface area contributed by atoms with E-state index in [4.69, 9.17) is 10.5 Å². The number of aryl methyl sites for hydroxylation is 1. The van der Waals surface area contributed by atoms with Gasteiger partial charge >= 0.3 is 0 Å². The third-order valence-corrected chi connectivity index (χ3v) is 3.94. The summed E-state index contributed by atoms with van der Waals surface area (Å²) in [5, 5.41) is 6.30. The number of rotatable bonds is 6. The third kappa shape index (κ3) is 4.75. The van der Waals surface area contributed by atoms with Crippen LogP contribution in [-0.2, 0) is 12.8 Å². The standard InChI is InChI=1S/C15H20N4OS/c1-3-14-18-12(10-21-14)7-8-17-15(16)19-11-5-4-6-13(9-11)20-2/h4-6,9-10H,3,7-8H2,1-2H3,(H3,16,17,19). The molecule has 0 bridgehead atoms. The van der Waals surface area contributed by atoms with Gasteiger partial charge in [-0.25, -0.2) is 4.98 Å². The molecular formula is C15H20N4OS. The molecule has 3 N–H and O–H groups in total. The van der Waals surface area contributed by atoms with Crippen LogP contribution in [0.4, 0.5) is 5.69 Å². The van der Waals surface area contributed by atoms with Gasteiger partial charge in [-0.3, -0.25) is 4.99 Å². The highest BCUT2D eigenvalue weighted by Gasteiger charge is 2.00. The van der Waals surface area contributed by atoms with Gasteiger partial charge in [-0.2, -0.15) is 0 Å². The van der Waals surface area contributed by atoms with E-state index >= 15 is 0 Å². The summed E-state index contributed by atoms with van der Waals surface area (Å²) in [7, 11) is 1.63. The first-order chi connectivity index (χ1) is 10.2. The number of hydrogen-bond donors (Lipinski definition) is 2. The predicted octanol–water partition coefficient (Wildman–Crippen LogP) is 2.68. The molecule has 0 saturated heterocycles. The van der Waals surface area contributed by atoms with E-state index in [-0.39, 0.29) is 0 Å². The molecule has 21 heavy (non-hydrogen) atoms. The van der Waals surface area contributed by atoms with Crippen LogP contribution in [0.3, 0.4) is 0 Å². The number of anilines is 1. The maximum absolute atomic E-state index is 5.87. The molecule has 1 heterocycles. The highest BCUT2D eigenvalue weighted by Crippen LogP contribution is 2.16. The molecule has 112 valence electrons. The number of guanidine groups is 1. The van der Waals surface area contributed by atoms with E-state index in [0.29, 0.717) is 12.5 Å². The Morgan fingerprint density at radius 2 is 2.33 bits per heavy atom. The molecule has 2 aromatic rings. The number of aliphatic imine (C=N–C) groups is 1. The van der Waals surface area contributed by atoms with Crippen LogP contribution in [0.5, 0.6) is 5.75 Å². The number of hydrogen-bond acceptors (Lipinski definition) is 4. The first-order valence-corrected chi connectivity index (χ1v) is 7.73. The maximum Gasteiger partial charge on any atom is 0.193 e. The fourth-order valence-corrected chi connectivity index (χ4v) is 2.58. The van der Waals surface area contributed by atoms with E-state index in [0.717, 1.165) is 35.0 Å². The van der Waals surface area contributed by atoms with Gasteiger partial charge in [-0.1, -0.05) is 13.0 Å². The molecular weight excluding hydrogens is 284 g/mol. The second-order valence-corrected chi connectivity index (χ2v) is 5.40. The molecule has 0 saturated carbocycles. The largest absolute Gasteiger partial charge is 0.497 e. The summed E-state index contributed by atoms with van der Waals surface area (Å²) in [5.41, 5.74) is 7.81. The van der Waals surface area contributed by atoms with Gasteiger partial charge in [0, 0.05) is 30.1 Å². The van der Waals surface area contributed by atoms with Crippen LogP contribution < -0.4 is 15.8 Å². The van der Waals surface area contributed by atoms with Crippen molar-refractivity contribution in [1.29, 1.82) is 0 Å². The van der Waals surface area contributed by atoms with Crippen LogP contribution >= 0.6 is 11.3 Å². The van der Waals surface area contributed by atoms with Crippen molar-refractivity contribution < 1.29 is 4.74 Å². The number of nitrogens with one attached hydrogen (secondary N) is 1. The minimum atomic E-state index is 0.397. The molecule has 0 unspecified atom stereocenters. The van der Waals surface area contributed by atoms with Crippen molar-refractivity contribution in [3.8, 4) is 5.75 Å². The van der Waals surface area contributed by atoms with Gasteiger partial charge in [0.1, 0.15) is 5.75 Å². The van der Waals surface area contributed by atoms with Gasteiger partial charge in [0.25, 0.3) is 0 Å². The molecule has 0 fully saturated rings. The normalized spacial score (nSPS) is 11.4. The summed E-state index contributed by atoms with van der Waals surface area (Å²) in [5.74, 6) is 1.18. The van der Waals surface area contributed by atoms with Crippen LogP contribution in [0.25, 0.3) is 0 Å². The zero-order valence-corrected chi connectivity index (χ0v) is 13.1. The molecule has 0 aliphatic heterocycles. The Morgan fingerprint density at radius 1 is 1.48 bits per heavy atom. The lowest BCUT2D eigenvalue weighted by Gasteiger charge is -2.07. The predicted molar refractivity (Wildman–Crippen MR) is 88.3 cm³/mol. The summed E-state index contributed by atoms with van der Waals surface area (Å²) < 4.78 is 5.16. The summed E-state index contributed by atoms with van der Waals surface area (Å²) in [6.45, 7) is 2.73. The lowest BCUT2D eigenvalue weighted by molar-refractivity contribution is 0.415. The molecule has 1 aromatic heterocycles. The SMILES string of the molecule is CCc1nc(CCN=C(N)Nc2cccc(OC)c2)cs1. The smallest absolute Gasteiger partial charge is 0.193 e. The summed E-state index contributed by atoms with van der Waals surface area (Å²) >= 11 is 1.69. The van der Waals surface area contributed by atoms with Crippen molar-refractivity contribution in [3.05, 3.63) is 40.3 Å². The second kappa shape index (κ2) is 7.64. The zero-order chi connectivity index (χ0) is 15.1. The van der Waals surface area contributed by atoms with E-state index in [1.165, 1.54) is 0 Å². The number of ether oxygens (including phenoxy) is 1. The molecule has 5 nitrogen and oxygen atoms in total. The van der Waals surface area contributed by atoms with Gasteiger partial charge in [0.05, 0.1) is 17.8 Å².